The molecule has 0 unspecified atom stereocenters. The number of methoxy groups -OCH3 is 2. The summed E-state index contributed by atoms with van der Waals surface area (Å²) in [5.41, 5.74) is 1.20. The van der Waals surface area contributed by atoms with E-state index in [1.807, 2.05) is 6.07 Å². The molecule has 1 heterocycles. The molecule has 0 aliphatic carbocycles. The van der Waals surface area contributed by atoms with Gasteiger partial charge in [-0.3, -0.25) is 10.6 Å². The zero-order valence-electron chi connectivity index (χ0n) is 11.6. The third-order valence-electron chi connectivity index (χ3n) is 2.46. The molecule has 0 saturated heterocycles. The Morgan fingerprint density at radius 2 is 1.91 bits per heavy atom. The van der Waals surface area contributed by atoms with Crippen molar-refractivity contribution in [1.82, 2.24) is 10.3 Å². The van der Waals surface area contributed by atoms with Gasteiger partial charge in [0.25, 0.3) is 0 Å². The third-order valence-corrected chi connectivity index (χ3v) is 3.60. The van der Waals surface area contributed by atoms with Crippen molar-refractivity contribution in [3.05, 3.63) is 18.2 Å². The normalized spacial score (nSPS) is 9.91. The number of para-hydroxylation sites is 1. The molecular weight excluding hydrogens is 328 g/mol. The van der Waals surface area contributed by atoms with Gasteiger partial charge in [-0.2, -0.15) is 0 Å². The van der Waals surface area contributed by atoms with Crippen molar-refractivity contribution >= 4 is 61.9 Å². The van der Waals surface area contributed by atoms with Crippen LogP contribution in [0.15, 0.2) is 18.2 Å². The summed E-state index contributed by atoms with van der Waals surface area (Å²) in [6.45, 7) is 0. The van der Waals surface area contributed by atoms with Crippen LogP contribution < -0.4 is 16.0 Å². The number of anilines is 2. The Kier molecular flexibility index (Phi) is 5.07. The van der Waals surface area contributed by atoms with Crippen molar-refractivity contribution in [2.24, 2.45) is 0 Å². The third kappa shape index (κ3) is 3.80. The van der Waals surface area contributed by atoms with E-state index in [-0.39, 0.29) is 5.11 Å². The standard InChI is InChI=1S/C12H12N4O4S2/c1-19-11(17)15-9(21)13-6-4-3-5-7-8(6)14-10(22-7)16-12(18)20-2/h3-5H,1-2H3,(H,14,16,18)(H2,13,15,17,21). The molecule has 22 heavy (non-hydrogen) atoms. The molecule has 2 aromatic rings. The van der Waals surface area contributed by atoms with Crippen LogP contribution in [0, 0.1) is 0 Å². The topological polar surface area (TPSA) is 102 Å². The summed E-state index contributed by atoms with van der Waals surface area (Å²) in [5.74, 6) is 0. The maximum absolute atomic E-state index is 11.2. The molecule has 2 amide bonds. The van der Waals surface area contributed by atoms with Gasteiger partial charge in [-0.15, -0.1) is 0 Å². The summed E-state index contributed by atoms with van der Waals surface area (Å²) in [4.78, 5) is 26.6. The predicted molar refractivity (Wildman–Crippen MR) is 87.4 cm³/mol. The average Bonchev–Trinajstić information content (AvgIpc) is 2.90. The first-order chi connectivity index (χ1) is 10.5. The monoisotopic (exact) mass is 340 g/mol. The fourth-order valence-electron chi connectivity index (χ4n) is 1.54. The molecule has 0 saturated carbocycles. The number of carbonyl (C=O) groups excluding carboxylic acids is 2. The number of aromatic nitrogens is 1. The molecule has 0 aliphatic heterocycles. The number of thiazole rings is 1. The van der Waals surface area contributed by atoms with Crippen LogP contribution in [-0.4, -0.2) is 36.5 Å². The Balaban J connectivity index is 2.21. The van der Waals surface area contributed by atoms with Crippen LogP contribution in [0.1, 0.15) is 0 Å². The number of amides is 2. The highest BCUT2D eigenvalue weighted by Crippen LogP contribution is 2.30. The van der Waals surface area contributed by atoms with Gasteiger partial charge >= 0.3 is 12.2 Å². The molecule has 0 bridgehead atoms. The summed E-state index contributed by atoms with van der Waals surface area (Å²) in [7, 11) is 2.51. The van der Waals surface area contributed by atoms with Gasteiger partial charge < -0.3 is 14.8 Å². The van der Waals surface area contributed by atoms with Crippen LogP contribution in [0.25, 0.3) is 10.2 Å². The maximum Gasteiger partial charge on any atom is 0.413 e. The first-order valence-electron chi connectivity index (χ1n) is 5.94. The van der Waals surface area contributed by atoms with Crippen LogP contribution in [0.3, 0.4) is 0 Å². The first kappa shape index (κ1) is 15.9. The number of benzene rings is 1. The summed E-state index contributed by atoms with van der Waals surface area (Å²) < 4.78 is 9.80. The Hall–Kier alpha value is -2.46. The number of hydrogen-bond acceptors (Lipinski definition) is 7. The predicted octanol–water partition coefficient (Wildman–Crippen LogP) is 2.53. The highest BCUT2D eigenvalue weighted by molar-refractivity contribution is 7.80. The van der Waals surface area contributed by atoms with E-state index < -0.39 is 12.2 Å². The molecular formula is C12H12N4O4S2. The fourth-order valence-corrected chi connectivity index (χ4v) is 2.61. The van der Waals surface area contributed by atoms with Gasteiger partial charge in [0.05, 0.1) is 24.6 Å². The molecule has 0 aliphatic rings. The van der Waals surface area contributed by atoms with Gasteiger partial charge in [-0.05, 0) is 24.4 Å². The van der Waals surface area contributed by atoms with Gasteiger partial charge in [0.1, 0.15) is 5.52 Å². The van der Waals surface area contributed by atoms with Gasteiger partial charge in [-0.1, -0.05) is 17.4 Å². The summed E-state index contributed by atoms with van der Waals surface area (Å²) in [6, 6.07) is 5.39. The van der Waals surface area contributed by atoms with Crippen LogP contribution >= 0.6 is 23.6 Å². The van der Waals surface area contributed by atoms with Crippen LogP contribution in [0.4, 0.5) is 20.4 Å². The molecule has 0 spiro atoms. The molecule has 3 N–H and O–H groups in total. The number of ether oxygens (including phenoxy) is 2. The van der Waals surface area contributed by atoms with Gasteiger partial charge in [0, 0.05) is 0 Å². The van der Waals surface area contributed by atoms with Gasteiger partial charge in [0.2, 0.25) is 0 Å². The largest absolute Gasteiger partial charge is 0.453 e. The fraction of sp³-hybridized carbons (Fsp3) is 0.167. The number of hydrogen-bond donors (Lipinski definition) is 3. The van der Waals surface area contributed by atoms with Crippen molar-refractivity contribution in [2.75, 3.05) is 24.9 Å². The van der Waals surface area contributed by atoms with Crippen molar-refractivity contribution in [3.8, 4) is 0 Å². The van der Waals surface area contributed by atoms with E-state index >= 15 is 0 Å². The molecule has 1 aromatic heterocycles. The Bertz CT molecular complexity index is 731. The van der Waals surface area contributed by atoms with E-state index in [9.17, 15) is 9.59 Å². The first-order valence-corrected chi connectivity index (χ1v) is 7.16. The highest BCUT2D eigenvalue weighted by Gasteiger charge is 2.12. The molecule has 8 nitrogen and oxygen atoms in total. The minimum atomic E-state index is -0.670. The molecule has 116 valence electrons. The minimum absolute atomic E-state index is 0.0785. The number of carbonyl (C=O) groups is 2. The summed E-state index contributed by atoms with van der Waals surface area (Å²) in [6.07, 6.45) is -1.27. The van der Waals surface area contributed by atoms with Crippen LogP contribution in [-0.2, 0) is 9.47 Å². The molecule has 1 aromatic carbocycles. The van der Waals surface area contributed by atoms with E-state index in [0.717, 1.165) is 4.70 Å². The lowest BCUT2D eigenvalue weighted by atomic mass is 10.3. The highest BCUT2D eigenvalue weighted by atomic mass is 32.1. The lowest BCUT2D eigenvalue weighted by molar-refractivity contribution is 0.177. The SMILES string of the molecule is COC(=O)NC(=S)Nc1cccc2sc(NC(=O)OC)nc12. The van der Waals surface area contributed by atoms with Crippen molar-refractivity contribution < 1.29 is 19.1 Å². The summed E-state index contributed by atoms with van der Waals surface area (Å²) in [5, 5.41) is 8.16. The average molecular weight is 340 g/mol. The zero-order chi connectivity index (χ0) is 16.1. The number of thiocarbonyl (C=S) groups is 1. The minimum Gasteiger partial charge on any atom is -0.453 e. The summed E-state index contributed by atoms with van der Waals surface area (Å²) >= 11 is 6.28. The molecule has 2 rings (SSSR count). The maximum atomic E-state index is 11.2. The number of nitrogens with one attached hydrogen (secondary N) is 3. The van der Waals surface area contributed by atoms with E-state index in [0.29, 0.717) is 16.3 Å². The number of fused-ring (bicyclic) bond motifs is 1. The molecule has 0 atom stereocenters. The quantitative estimate of drug-likeness (QED) is 0.722. The molecule has 10 heteroatoms. The van der Waals surface area contributed by atoms with Crippen molar-refractivity contribution in [2.45, 2.75) is 0 Å². The number of nitrogens with zero attached hydrogens (tertiary/aromatic N) is 1. The molecule has 0 fully saturated rings. The number of rotatable bonds is 2. The zero-order valence-corrected chi connectivity index (χ0v) is 13.3. The van der Waals surface area contributed by atoms with Crippen LogP contribution in [0.2, 0.25) is 0 Å². The van der Waals surface area contributed by atoms with Gasteiger partial charge in [-0.25, -0.2) is 14.6 Å². The second kappa shape index (κ2) is 7.00. The van der Waals surface area contributed by atoms with E-state index in [1.54, 1.807) is 12.1 Å². The Morgan fingerprint density at radius 1 is 1.18 bits per heavy atom. The Morgan fingerprint density at radius 3 is 2.59 bits per heavy atom. The number of alkyl carbamates (subject to hydrolysis) is 1. The van der Waals surface area contributed by atoms with E-state index in [2.05, 4.69) is 30.4 Å². The van der Waals surface area contributed by atoms with Gasteiger partial charge in [0.15, 0.2) is 10.2 Å². The Labute approximate surface area is 134 Å². The van der Waals surface area contributed by atoms with E-state index in [1.165, 1.54) is 25.6 Å². The molecule has 0 radical (unpaired) electrons. The van der Waals surface area contributed by atoms with Crippen molar-refractivity contribution in [1.29, 1.82) is 0 Å². The second-order valence-corrected chi connectivity index (χ2v) is 5.30. The van der Waals surface area contributed by atoms with Crippen molar-refractivity contribution in [3.63, 3.8) is 0 Å². The smallest absolute Gasteiger partial charge is 0.413 e. The van der Waals surface area contributed by atoms with Crippen LogP contribution in [0.5, 0.6) is 0 Å². The lowest BCUT2D eigenvalue weighted by Crippen LogP contribution is -2.33. The lowest BCUT2D eigenvalue weighted by Gasteiger charge is -2.08. The second-order valence-electron chi connectivity index (χ2n) is 3.86. The van der Waals surface area contributed by atoms with E-state index in [4.69, 9.17) is 12.2 Å².